The van der Waals surface area contributed by atoms with Crippen molar-refractivity contribution in [2.75, 3.05) is 14.2 Å². The highest BCUT2D eigenvalue weighted by Gasteiger charge is 2.20. The van der Waals surface area contributed by atoms with Crippen LogP contribution in [0.15, 0.2) is 24.3 Å². The molecule has 0 bridgehead atoms. The zero-order chi connectivity index (χ0) is 13.6. The highest BCUT2D eigenvalue weighted by atomic mass is 16.5. The Morgan fingerprint density at radius 1 is 1.22 bits per heavy atom. The lowest BCUT2D eigenvalue weighted by molar-refractivity contribution is 0.274. The molecular weight excluding hydrogens is 222 g/mol. The van der Waals surface area contributed by atoms with Crippen molar-refractivity contribution in [1.29, 1.82) is 0 Å². The van der Waals surface area contributed by atoms with Crippen molar-refractivity contribution in [1.82, 2.24) is 5.32 Å². The highest BCUT2D eigenvalue weighted by Crippen LogP contribution is 2.28. The fourth-order valence-electron chi connectivity index (χ4n) is 2.31. The van der Waals surface area contributed by atoms with E-state index in [-0.39, 0.29) is 0 Å². The number of nitrogens with one attached hydrogen (secondary N) is 1. The highest BCUT2D eigenvalue weighted by molar-refractivity contribution is 5.27. The second kappa shape index (κ2) is 6.79. The standard InChI is InChI=1S/C16H27NO/c1-13(17-4)12-16(2,3)11-10-14-6-8-15(18-5)9-7-14/h6-9,13,17H,10-12H2,1-5H3. The predicted octanol–water partition coefficient (Wildman–Crippen LogP) is 3.65. The Bertz CT molecular complexity index is 343. The molecule has 1 rings (SSSR count). The first-order valence-corrected chi connectivity index (χ1v) is 6.77. The summed E-state index contributed by atoms with van der Waals surface area (Å²) in [5.74, 6) is 0.932. The molecule has 18 heavy (non-hydrogen) atoms. The maximum atomic E-state index is 5.17. The molecule has 2 heteroatoms. The Hall–Kier alpha value is -1.02. The molecule has 1 aromatic carbocycles. The summed E-state index contributed by atoms with van der Waals surface area (Å²) in [5, 5.41) is 3.32. The minimum Gasteiger partial charge on any atom is -0.497 e. The van der Waals surface area contributed by atoms with Crippen LogP contribution in [0.5, 0.6) is 5.75 Å². The van der Waals surface area contributed by atoms with Gasteiger partial charge < -0.3 is 10.1 Å². The third kappa shape index (κ3) is 5.09. The Kier molecular flexibility index (Phi) is 5.67. The molecule has 1 N–H and O–H groups in total. The molecule has 0 spiro atoms. The van der Waals surface area contributed by atoms with Gasteiger partial charge in [0.25, 0.3) is 0 Å². The van der Waals surface area contributed by atoms with Crippen LogP contribution < -0.4 is 10.1 Å². The van der Waals surface area contributed by atoms with Crippen LogP contribution in [0.3, 0.4) is 0 Å². The van der Waals surface area contributed by atoms with E-state index in [1.165, 1.54) is 18.4 Å². The average molecular weight is 249 g/mol. The zero-order valence-corrected chi connectivity index (χ0v) is 12.4. The largest absolute Gasteiger partial charge is 0.497 e. The molecule has 1 aromatic rings. The van der Waals surface area contributed by atoms with Crippen molar-refractivity contribution in [2.45, 2.75) is 46.1 Å². The van der Waals surface area contributed by atoms with Gasteiger partial charge >= 0.3 is 0 Å². The first-order chi connectivity index (χ1) is 8.46. The monoisotopic (exact) mass is 249 g/mol. The van der Waals surface area contributed by atoms with Crippen LogP contribution in [0.25, 0.3) is 0 Å². The molecule has 0 aliphatic heterocycles. The molecule has 0 radical (unpaired) electrons. The molecule has 0 fully saturated rings. The van der Waals surface area contributed by atoms with Crippen LogP contribution in [-0.4, -0.2) is 20.2 Å². The minimum atomic E-state index is 0.377. The molecule has 0 aliphatic carbocycles. The van der Waals surface area contributed by atoms with E-state index in [1.54, 1.807) is 7.11 Å². The van der Waals surface area contributed by atoms with Gasteiger partial charge in [0.1, 0.15) is 5.75 Å². The summed E-state index contributed by atoms with van der Waals surface area (Å²) < 4.78 is 5.17. The predicted molar refractivity (Wildman–Crippen MR) is 78.2 cm³/mol. The second-order valence-corrected chi connectivity index (χ2v) is 5.91. The number of hydrogen-bond donors (Lipinski definition) is 1. The maximum Gasteiger partial charge on any atom is 0.118 e. The first kappa shape index (κ1) is 15.0. The fraction of sp³-hybridized carbons (Fsp3) is 0.625. The van der Waals surface area contributed by atoms with Crippen LogP contribution in [0, 0.1) is 5.41 Å². The molecule has 1 atom stereocenters. The van der Waals surface area contributed by atoms with Crippen molar-refractivity contribution in [2.24, 2.45) is 5.41 Å². The Morgan fingerprint density at radius 3 is 2.33 bits per heavy atom. The van der Waals surface area contributed by atoms with E-state index < -0.39 is 0 Å². The number of benzene rings is 1. The van der Waals surface area contributed by atoms with Gasteiger partial charge in [0.2, 0.25) is 0 Å². The van der Waals surface area contributed by atoms with Crippen LogP contribution >= 0.6 is 0 Å². The van der Waals surface area contributed by atoms with Crippen LogP contribution in [0.2, 0.25) is 0 Å². The fourth-order valence-corrected chi connectivity index (χ4v) is 2.31. The number of methoxy groups -OCH3 is 1. The number of hydrogen-bond acceptors (Lipinski definition) is 2. The molecule has 0 heterocycles. The summed E-state index contributed by atoms with van der Waals surface area (Å²) in [4.78, 5) is 0. The second-order valence-electron chi connectivity index (χ2n) is 5.91. The van der Waals surface area contributed by atoms with Crippen molar-refractivity contribution in [3.05, 3.63) is 29.8 Å². The van der Waals surface area contributed by atoms with Gasteiger partial charge in [-0.15, -0.1) is 0 Å². The summed E-state index contributed by atoms with van der Waals surface area (Å²) in [5.41, 5.74) is 1.77. The lowest BCUT2D eigenvalue weighted by atomic mass is 9.81. The molecule has 0 amide bonds. The molecular formula is C16H27NO. The summed E-state index contributed by atoms with van der Waals surface area (Å²) in [6.07, 6.45) is 3.55. The number of aryl methyl sites for hydroxylation is 1. The first-order valence-electron chi connectivity index (χ1n) is 6.77. The molecule has 0 saturated heterocycles. The molecule has 0 saturated carbocycles. The Morgan fingerprint density at radius 2 is 1.83 bits per heavy atom. The van der Waals surface area contributed by atoms with Crippen LogP contribution in [0.1, 0.15) is 39.2 Å². The van der Waals surface area contributed by atoms with Gasteiger partial charge in [-0.3, -0.25) is 0 Å². The zero-order valence-electron chi connectivity index (χ0n) is 12.4. The van der Waals surface area contributed by atoms with E-state index in [2.05, 4.69) is 38.2 Å². The van der Waals surface area contributed by atoms with Gasteiger partial charge in [-0.1, -0.05) is 26.0 Å². The lowest BCUT2D eigenvalue weighted by Gasteiger charge is -2.28. The molecule has 0 aliphatic rings. The smallest absolute Gasteiger partial charge is 0.118 e. The van der Waals surface area contributed by atoms with Gasteiger partial charge in [-0.2, -0.15) is 0 Å². The summed E-state index contributed by atoms with van der Waals surface area (Å²) in [6, 6.07) is 8.99. The normalized spacial score (nSPS) is 13.4. The van der Waals surface area contributed by atoms with Crippen LogP contribution in [0.4, 0.5) is 0 Å². The van der Waals surface area contributed by atoms with E-state index in [1.807, 2.05) is 19.2 Å². The van der Waals surface area contributed by atoms with Gasteiger partial charge in [0.05, 0.1) is 7.11 Å². The molecule has 1 unspecified atom stereocenters. The third-order valence-electron chi connectivity index (χ3n) is 3.60. The SMILES string of the molecule is CNC(C)CC(C)(C)CCc1ccc(OC)cc1. The third-order valence-corrected chi connectivity index (χ3v) is 3.60. The van der Waals surface area contributed by atoms with Gasteiger partial charge in [-0.05, 0) is 56.3 Å². The van der Waals surface area contributed by atoms with Crippen molar-refractivity contribution >= 4 is 0 Å². The molecule has 2 nitrogen and oxygen atoms in total. The van der Waals surface area contributed by atoms with Crippen molar-refractivity contribution < 1.29 is 4.74 Å². The molecule has 0 aromatic heterocycles. The summed E-state index contributed by atoms with van der Waals surface area (Å²) in [6.45, 7) is 6.95. The van der Waals surface area contributed by atoms with Gasteiger partial charge in [0, 0.05) is 6.04 Å². The quantitative estimate of drug-likeness (QED) is 0.796. The van der Waals surface area contributed by atoms with Gasteiger partial charge in [0.15, 0.2) is 0 Å². The van der Waals surface area contributed by atoms with Crippen molar-refractivity contribution in [3.8, 4) is 5.75 Å². The summed E-state index contributed by atoms with van der Waals surface area (Å²) in [7, 11) is 3.74. The maximum absolute atomic E-state index is 5.17. The van der Waals surface area contributed by atoms with E-state index in [0.717, 1.165) is 12.2 Å². The van der Waals surface area contributed by atoms with E-state index in [4.69, 9.17) is 4.74 Å². The van der Waals surface area contributed by atoms with Gasteiger partial charge in [-0.25, -0.2) is 0 Å². The average Bonchev–Trinajstić information content (AvgIpc) is 2.36. The van der Waals surface area contributed by atoms with E-state index in [9.17, 15) is 0 Å². The van der Waals surface area contributed by atoms with E-state index >= 15 is 0 Å². The van der Waals surface area contributed by atoms with Crippen LogP contribution in [-0.2, 0) is 6.42 Å². The van der Waals surface area contributed by atoms with E-state index in [0.29, 0.717) is 11.5 Å². The Balaban J connectivity index is 2.47. The molecule has 102 valence electrons. The lowest BCUT2D eigenvalue weighted by Crippen LogP contribution is -2.28. The Labute approximate surface area is 112 Å². The summed E-state index contributed by atoms with van der Waals surface area (Å²) >= 11 is 0. The van der Waals surface area contributed by atoms with Crippen molar-refractivity contribution in [3.63, 3.8) is 0 Å². The minimum absolute atomic E-state index is 0.377. The number of rotatable bonds is 7. The number of ether oxygens (including phenoxy) is 1. The topological polar surface area (TPSA) is 21.3 Å².